The van der Waals surface area contributed by atoms with E-state index in [1.807, 2.05) is 0 Å². The highest BCUT2D eigenvalue weighted by atomic mass is 79.9. The van der Waals surface area contributed by atoms with Gasteiger partial charge in [0.2, 0.25) is 0 Å². The number of aromatic nitrogens is 2. The number of methoxy groups -OCH3 is 1. The first kappa shape index (κ1) is 14.7. The highest BCUT2D eigenvalue weighted by Crippen LogP contribution is 2.42. The van der Waals surface area contributed by atoms with Gasteiger partial charge in [-0.3, -0.25) is 0 Å². The summed E-state index contributed by atoms with van der Waals surface area (Å²) >= 11 is 9.10. The molecule has 0 radical (unpaired) electrons. The van der Waals surface area contributed by atoms with Crippen molar-refractivity contribution in [2.75, 3.05) is 7.11 Å². The first-order chi connectivity index (χ1) is 9.66. The molecule has 0 bridgehead atoms. The smallest absolute Gasteiger partial charge is 0.144 e. The Morgan fingerprint density at radius 3 is 2.50 bits per heavy atom. The van der Waals surface area contributed by atoms with E-state index in [-0.39, 0.29) is 5.60 Å². The molecule has 2 fully saturated rings. The molecule has 2 saturated carbocycles. The summed E-state index contributed by atoms with van der Waals surface area (Å²) in [7, 11) is 1.79. The van der Waals surface area contributed by atoms with Gasteiger partial charge in [0.1, 0.15) is 16.1 Å². The number of H-pyrrole nitrogens is 1. The molecule has 1 N–H and O–H groups in total. The van der Waals surface area contributed by atoms with E-state index >= 15 is 0 Å². The third-order valence-electron chi connectivity index (χ3n) is 4.89. The summed E-state index contributed by atoms with van der Waals surface area (Å²) in [5, 5.41) is 0. The summed E-state index contributed by atoms with van der Waals surface area (Å²) in [5.41, 5.74) is 0.988. The van der Waals surface area contributed by atoms with Crippen molar-refractivity contribution in [3.8, 4) is 0 Å². The van der Waals surface area contributed by atoms with Crippen molar-refractivity contribution in [1.82, 2.24) is 9.97 Å². The predicted molar refractivity (Wildman–Crippen MR) is 85.5 cm³/mol. The van der Waals surface area contributed by atoms with Crippen LogP contribution in [0.2, 0.25) is 0 Å². The van der Waals surface area contributed by atoms with Crippen LogP contribution in [0.3, 0.4) is 0 Å². The molecule has 110 valence electrons. The number of hydrogen-bond acceptors (Lipinski definition) is 3. The lowest BCUT2D eigenvalue weighted by atomic mass is 9.99. The molecular formula is C15H21BrN2OS. The van der Waals surface area contributed by atoms with Crippen LogP contribution in [0.5, 0.6) is 0 Å². The lowest BCUT2D eigenvalue weighted by Crippen LogP contribution is -2.28. The lowest BCUT2D eigenvalue weighted by Gasteiger charge is -2.27. The van der Waals surface area contributed by atoms with Crippen molar-refractivity contribution >= 4 is 28.1 Å². The fourth-order valence-electron chi connectivity index (χ4n) is 3.67. The Morgan fingerprint density at radius 1 is 1.25 bits per heavy atom. The van der Waals surface area contributed by atoms with Gasteiger partial charge in [0.05, 0.1) is 4.47 Å². The van der Waals surface area contributed by atoms with E-state index in [0.717, 1.165) is 23.1 Å². The molecule has 2 aliphatic carbocycles. The zero-order valence-electron chi connectivity index (χ0n) is 11.9. The fourth-order valence-corrected chi connectivity index (χ4v) is 4.38. The van der Waals surface area contributed by atoms with Crippen LogP contribution in [0.1, 0.15) is 68.8 Å². The fraction of sp³-hybridized carbons (Fsp3) is 0.733. The van der Waals surface area contributed by atoms with Crippen LogP contribution in [0.4, 0.5) is 0 Å². The number of nitrogens with one attached hydrogen (secondary N) is 1. The van der Waals surface area contributed by atoms with Gasteiger partial charge in [0, 0.05) is 18.7 Å². The van der Waals surface area contributed by atoms with E-state index < -0.39 is 0 Å². The Bertz CT molecular complexity index is 545. The van der Waals surface area contributed by atoms with Crippen LogP contribution < -0.4 is 0 Å². The summed E-state index contributed by atoms with van der Waals surface area (Å²) in [6, 6.07) is 0. The molecule has 0 spiro atoms. The molecule has 0 saturated heterocycles. The van der Waals surface area contributed by atoms with Gasteiger partial charge in [-0.05, 0) is 54.5 Å². The first-order valence-corrected chi connectivity index (χ1v) is 8.72. The van der Waals surface area contributed by atoms with Crippen molar-refractivity contribution in [2.24, 2.45) is 0 Å². The normalized spacial score (nSPS) is 22.5. The Labute approximate surface area is 133 Å². The second-order valence-corrected chi connectivity index (χ2v) is 7.18. The monoisotopic (exact) mass is 356 g/mol. The minimum absolute atomic E-state index is 0.248. The van der Waals surface area contributed by atoms with E-state index in [1.54, 1.807) is 7.11 Å². The third kappa shape index (κ3) is 2.48. The summed E-state index contributed by atoms with van der Waals surface area (Å²) in [4.78, 5) is 8.20. The molecule has 0 aliphatic heterocycles. The quantitative estimate of drug-likeness (QED) is 0.776. The van der Waals surface area contributed by atoms with Gasteiger partial charge in [-0.2, -0.15) is 0 Å². The number of aromatic amines is 1. The molecule has 1 aromatic rings. The van der Waals surface area contributed by atoms with Crippen LogP contribution in [-0.2, 0) is 10.3 Å². The standard InChI is InChI=1S/C15H21BrN2OS/c1-19-15(8-4-5-9-15)14-17-12(10-6-2-3-7-10)11(16)13(20)18-14/h10H,2-9H2,1H3,(H,17,18,20). The average molecular weight is 357 g/mol. The van der Waals surface area contributed by atoms with Crippen LogP contribution in [0.15, 0.2) is 4.47 Å². The number of hydrogen-bond donors (Lipinski definition) is 1. The van der Waals surface area contributed by atoms with Crippen molar-refractivity contribution in [3.05, 3.63) is 20.6 Å². The SMILES string of the molecule is COC1(c2nc(=S)c(Br)c(C3CCCC3)[nH]2)CCCC1. The van der Waals surface area contributed by atoms with Gasteiger partial charge in [0.15, 0.2) is 0 Å². The molecule has 0 atom stereocenters. The molecule has 1 aromatic heterocycles. The summed E-state index contributed by atoms with van der Waals surface area (Å²) in [5.74, 6) is 1.52. The van der Waals surface area contributed by atoms with Crippen LogP contribution in [-0.4, -0.2) is 17.1 Å². The Balaban J connectivity index is 2.06. The zero-order valence-corrected chi connectivity index (χ0v) is 14.3. The second-order valence-electron chi connectivity index (χ2n) is 6.01. The molecule has 5 heteroatoms. The molecule has 2 aliphatic rings. The summed E-state index contributed by atoms with van der Waals surface area (Å²) in [6.07, 6.45) is 9.58. The molecular weight excluding hydrogens is 336 g/mol. The highest BCUT2D eigenvalue weighted by molar-refractivity contribution is 9.10. The predicted octanol–water partition coefficient (Wildman–Crippen LogP) is 4.97. The van der Waals surface area contributed by atoms with Crippen molar-refractivity contribution < 1.29 is 4.74 Å². The Kier molecular flexibility index (Phi) is 4.29. The molecule has 20 heavy (non-hydrogen) atoms. The molecule has 1 heterocycles. The van der Waals surface area contributed by atoms with Gasteiger partial charge in [-0.15, -0.1) is 0 Å². The van der Waals surface area contributed by atoms with Crippen LogP contribution >= 0.6 is 28.1 Å². The van der Waals surface area contributed by atoms with E-state index in [2.05, 4.69) is 25.9 Å². The van der Waals surface area contributed by atoms with Crippen LogP contribution in [0, 0.1) is 4.64 Å². The van der Waals surface area contributed by atoms with Crippen LogP contribution in [0.25, 0.3) is 0 Å². The lowest BCUT2D eigenvalue weighted by molar-refractivity contribution is -0.0166. The van der Waals surface area contributed by atoms with Gasteiger partial charge in [0.25, 0.3) is 0 Å². The zero-order chi connectivity index (χ0) is 14.2. The summed E-state index contributed by atoms with van der Waals surface area (Å²) < 4.78 is 7.49. The van der Waals surface area contributed by atoms with E-state index in [4.69, 9.17) is 17.0 Å². The van der Waals surface area contributed by atoms with Crippen molar-refractivity contribution in [1.29, 1.82) is 0 Å². The van der Waals surface area contributed by atoms with Gasteiger partial charge >= 0.3 is 0 Å². The van der Waals surface area contributed by atoms with Gasteiger partial charge in [-0.25, -0.2) is 4.98 Å². The first-order valence-electron chi connectivity index (χ1n) is 7.51. The molecule has 0 amide bonds. The van der Waals surface area contributed by atoms with Gasteiger partial charge < -0.3 is 9.72 Å². The largest absolute Gasteiger partial charge is 0.370 e. The maximum atomic E-state index is 5.84. The van der Waals surface area contributed by atoms with Crippen molar-refractivity contribution in [3.63, 3.8) is 0 Å². The van der Waals surface area contributed by atoms with E-state index in [0.29, 0.717) is 10.6 Å². The van der Waals surface area contributed by atoms with E-state index in [1.165, 1.54) is 44.2 Å². The molecule has 3 rings (SSSR count). The minimum atomic E-state index is -0.248. The van der Waals surface area contributed by atoms with Crippen molar-refractivity contribution in [2.45, 2.75) is 62.9 Å². The topological polar surface area (TPSA) is 37.9 Å². The Hall–Kier alpha value is -0.260. The number of rotatable bonds is 3. The average Bonchev–Trinajstić information content (AvgIpc) is 3.12. The highest BCUT2D eigenvalue weighted by Gasteiger charge is 2.38. The maximum absolute atomic E-state index is 5.84. The Morgan fingerprint density at radius 2 is 1.90 bits per heavy atom. The van der Waals surface area contributed by atoms with Gasteiger partial charge in [-0.1, -0.05) is 25.1 Å². The number of nitrogens with zero attached hydrogens (tertiary/aromatic N) is 1. The third-order valence-corrected chi connectivity index (χ3v) is 6.25. The number of halogens is 1. The minimum Gasteiger partial charge on any atom is -0.370 e. The van der Waals surface area contributed by atoms with E-state index in [9.17, 15) is 0 Å². The molecule has 3 nitrogen and oxygen atoms in total. The molecule has 0 unspecified atom stereocenters. The number of ether oxygens (including phenoxy) is 1. The molecule has 0 aromatic carbocycles. The second kappa shape index (κ2) is 5.85. The summed E-state index contributed by atoms with van der Waals surface area (Å²) in [6.45, 7) is 0. The maximum Gasteiger partial charge on any atom is 0.144 e.